The molecule has 1 atom stereocenters. The van der Waals surface area contributed by atoms with E-state index in [4.69, 9.17) is 19.9 Å². The highest BCUT2D eigenvalue weighted by atomic mass is 19.1. The van der Waals surface area contributed by atoms with E-state index in [0.717, 1.165) is 37.4 Å². The molecule has 0 bridgehead atoms. The van der Waals surface area contributed by atoms with Crippen molar-refractivity contribution in [3.8, 4) is 5.75 Å². The number of piperazine rings is 1. The van der Waals surface area contributed by atoms with Gasteiger partial charge in [-0.25, -0.2) is 14.0 Å². The first-order chi connectivity index (χ1) is 18.0. The predicted octanol–water partition coefficient (Wildman–Crippen LogP) is 4.89. The van der Waals surface area contributed by atoms with Crippen molar-refractivity contribution in [2.24, 2.45) is 5.73 Å². The molecule has 1 fully saturated rings. The first-order valence-electron chi connectivity index (χ1n) is 12.1. The highest BCUT2D eigenvalue weighted by Crippen LogP contribution is 2.24. The number of ether oxygens (including phenoxy) is 3. The first-order valence-corrected chi connectivity index (χ1v) is 12.1. The third-order valence-corrected chi connectivity index (χ3v) is 6.18. The van der Waals surface area contributed by atoms with Crippen LogP contribution in [0.2, 0.25) is 0 Å². The summed E-state index contributed by atoms with van der Waals surface area (Å²) in [5.74, 6) is 0.0713. The average molecular weight is 508 g/mol. The van der Waals surface area contributed by atoms with E-state index in [-0.39, 0.29) is 12.4 Å². The van der Waals surface area contributed by atoms with Gasteiger partial charge in [-0.15, -0.1) is 0 Å². The molecule has 4 rings (SSSR count). The van der Waals surface area contributed by atoms with Crippen LogP contribution in [-0.4, -0.2) is 49.9 Å². The summed E-state index contributed by atoms with van der Waals surface area (Å²) in [6.07, 6.45) is -1.57. The van der Waals surface area contributed by atoms with E-state index in [1.54, 1.807) is 24.3 Å². The fourth-order valence-electron chi connectivity index (χ4n) is 4.21. The van der Waals surface area contributed by atoms with Crippen LogP contribution in [0.3, 0.4) is 0 Å². The molecule has 0 aliphatic carbocycles. The lowest BCUT2D eigenvalue weighted by Gasteiger charge is -2.36. The monoisotopic (exact) mass is 507 g/mol. The zero-order chi connectivity index (χ0) is 26.0. The number of anilines is 1. The van der Waals surface area contributed by atoms with Crippen LogP contribution < -0.4 is 15.4 Å². The molecule has 0 radical (unpaired) electrons. The van der Waals surface area contributed by atoms with Crippen LogP contribution in [0.1, 0.15) is 23.7 Å². The Bertz CT molecular complexity index is 1150. The van der Waals surface area contributed by atoms with Crippen molar-refractivity contribution in [1.29, 1.82) is 0 Å². The molecule has 1 saturated heterocycles. The van der Waals surface area contributed by atoms with Crippen LogP contribution in [0.5, 0.6) is 5.75 Å². The highest BCUT2D eigenvalue weighted by Gasteiger charge is 2.21. The van der Waals surface area contributed by atoms with Crippen LogP contribution in [0, 0.1) is 5.82 Å². The number of hydrogen-bond acceptors (Lipinski definition) is 7. The van der Waals surface area contributed by atoms with E-state index in [0.29, 0.717) is 24.3 Å². The molecule has 194 valence electrons. The normalized spacial score (nSPS) is 14.6. The maximum atomic E-state index is 13.3. The number of hydrogen-bond donors (Lipinski definition) is 1. The number of nitrogens with two attached hydrogens (primary N) is 1. The summed E-state index contributed by atoms with van der Waals surface area (Å²) in [6.45, 7) is 4.16. The van der Waals surface area contributed by atoms with Crippen molar-refractivity contribution >= 4 is 17.9 Å². The van der Waals surface area contributed by atoms with E-state index < -0.39 is 18.4 Å². The molecule has 9 heteroatoms. The smallest absolute Gasteiger partial charge is 0.441 e. The van der Waals surface area contributed by atoms with Crippen molar-refractivity contribution in [2.45, 2.75) is 19.1 Å². The second-order valence-electron chi connectivity index (χ2n) is 8.71. The molecule has 3 aromatic carbocycles. The molecule has 0 spiro atoms. The topological polar surface area (TPSA) is 94.3 Å². The Balaban J connectivity index is 1.22. The van der Waals surface area contributed by atoms with Crippen molar-refractivity contribution in [3.05, 3.63) is 95.8 Å². The summed E-state index contributed by atoms with van der Waals surface area (Å²) in [7, 11) is 0. The number of amides is 1. The van der Waals surface area contributed by atoms with Gasteiger partial charge < -0.3 is 24.8 Å². The fraction of sp³-hybridized carbons (Fsp3) is 0.286. The lowest BCUT2D eigenvalue weighted by Crippen LogP contribution is -2.46. The van der Waals surface area contributed by atoms with Gasteiger partial charge in [-0.1, -0.05) is 42.5 Å². The number of nitrogens with zero attached hydrogens (tertiary/aromatic N) is 2. The SMILES string of the molecule is NC(=O)OC(CCN1CCN(c2ccc(OC(=O)OCc3ccccc3)cc2)CC1)c1ccc(F)cc1. The standard InChI is InChI=1S/C28H30FN3O5/c29-23-8-6-22(7-9-23)26(37-27(30)33)14-15-31-16-18-32(19-17-31)24-10-12-25(13-11-24)36-28(34)35-20-21-4-2-1-3-5-21/h1-13,26H,14-20H2,(H2,30,33). The van der Waals surface area contributed by atoms with Crippen molar-refractivity contribution < 1.29 is 28.2 Å². The Morgan fingerprint density at radius 3 is 2.22 bits per heavy atom. The summed E-state index contributed by atoms with van der Waals surface area (Å²) < 4.78 is 29.0. The Kier molecular flexibility index (Phi) is 8.93. The third kappa shape index (κ3) is 7.94. The van der Waals surface area contributed by atoms with Gasteiger partial charge in [0.2, 0.25) is 0 Å². The molecule has 1 unspecified atom stereocenters. The van der Waals surface area contributed by atoms with Crippen LogP contribution in [0.25, 0.3) is 0 Å². The lowest BCUT2D eigenvalue weighted by molar-refractivity contribution is 0.0908. The summed E-state index contributed by atoms with van der Waals surface area (Å²) >= 11 is 0. The maximum Gasteiger partial charge on any atom is 0.514 e. The molecular formula is C28H30FN3O5. The lowest BCUT2D eigenvalue weighted by atomic mass is 10.1. The van der Waals surface area contributed by atoms with Gasteiger partial charge in [0, 0.05) is 44.8 Å². The van der Waals surface area contributed by atoms with Crippen molar-refractivity contribution in [1.82, 2.24) is 4.90 Å². The van der Waals surface area contributed by atoms with E-state index in [2.05, 4.69) is 9.80 Å². The highest BCUT2D eigenvalue weighted by molar-refractivity contribution is 5.65. The molecule has 1 heterocycles. The van der Waals surface area contributed by atoms with Crippen molar-refractivity contribution in [2.75, 3.05) is 37.6 Å². The summed E-state index contributed by atoms with van der Waals surface area (Å²) in [4.78, 5) is 27.9. The van der Waals surface area contributed by atoms with Crippen LogP contribution in [-0.2, 0) is 16.1 Å². The number of rotatable bonds is 9. The minimum atomic E-state index is -0.851. The summed E-state index contributed by atoms with van der Waals surface area (Å²) in [5, 5.41) is 0. The Labute approximate surface area is 215 Å². The number of primary amides is 1. The molecular weight excluding hydrogens is 477 g/mol. The van der Waals surface area contributed by atoms with Gasteiger partial charge in [-0.05, 0) is 47.5 Å². The molecule has 3 aromatic rings. The Morgan fingerprint density at radius 1 is 0.892 bits per heavy atom. The summed E-state index contributed by atoms with van der Waals surface area (Å²) in [6, 6.07) is 22.6. The van der Waals surface area contributed by atoms with Crippen LogP contribution in [0.4, 0.5) is 19.7 Å². The molecule has 1 aliphatic rings. The van der Waals surface area contributed by atoms with Gasteiger partial charge in [0.25, 0.3) is 0 Å². The zero-order valence-corrected chi connectivity index (χ0v) is 20.4. The van der Waals surface area contributed by atoms with E-state index >= 15 is 0 Å². The first kappa shape index (κ1) is 26.0. The van der Waals surface area contributed by atoms with E-state index in [9.17, 15) is 14.0 Å². The van der Waals surface area contributed by atoms with Crippen LogP contribution >= 0.6 is 0 Å². The van der Waals surface area contributed by atoms with E-state index in [1.807, 2.05) is 42.5 Å². The second kappa shape index (κ2) is 12.7. The van der Waals surface area contributed by atoms with Gasteiger partial charge in [0.1, 0.15) is 24.3 Å². The van der Waals surface area contributed by atoms with Gasteiger partial charge in [0.05, 0.1) is 0 Å². The zero-order valence-electron chi connectivity index (χ0n) is 20.4. The van der Waals surface area contributed by atoms with E-state index in [1.165, 1.54) is 12.1 Å². The number of carbonyl (C=O) groups excluding carboxylic acids is 2. The molecule has 1 aliphatic heterocycles. The van der Waals surface area contributed by atoms with Crippen LogP contribution in [0.15, 0.2) is 78.9 Å². The third-order valence-electron chi connectivity index (χ3n) is 6.18. The quantitative estimate of drug-likeness (QED) is 0.326. The van der Waals surface area contributed by atoms with Gasteiger partial charge in [-0.2, -0.15) is 0 Å². The molecule has 37 heavy (non-hydrogen) atoms. The van der Waals surface area contributed by atoms with Gasteiger partial charge in [-0.3, -0.25) is 4.90 Å². The Morgan fingerprint density at radius 2 is 1.57 bits per heavy atom. The molecule has 0 saturated carbocycles. The largest absolute Gasteiger partial charge is 0.514 e. The molecule has 2 N–H and O–H groups in total. The van der Waals surface area contributed by atoms with Gasteiger partial charge in [0.15, 0.2) is 0 Å². The Hall–Kier alpha value is -4.11. The predicted molar refractivity (Wildman–Crippen MR) is 137 cm³/mol. The molecule has 8 nitrogen and oxygen atoms in total. The minimum Gasteiger partial charge on any atom is -0.441 e. The van der Waals surface area contributed by atoms with Gasteiger partial charge >= 0.3 is 12.2 Å². The average Bonchev–Trinajstić information content (AvgIpc) is 2.91. The number of carbonyl (C=O) groups is 2. The molecule has 1 amide bonds. The number of benzene rings is 3. The second-order valence-corrected chi connectivity index (χ2v) is 8.71. The number of halogens is 1. The maximum absolute atomic E-state index is 13.3. The summed E-state index contributed by atoms with van der Waals surface area (Å²) in [5.41, 5.74) is 7.87. The minimum absolute atomic E-state index is 0.154. The fourth-order valence-corrected chi connectivity index (χ4v) is 4.21. The molecule has 0 aromatic heterocycles. The van der Waals surface area contributed by atoms with Crippen molar-refractivity contribution in [3.63, 3.8) is 0 Å².